The van der Waals surface area contributed by atoms with Crippen molar-refractivity contribution in [2.24, 2.45) is 11.5 Å². The van der Waals surface area contributed by atoms with Crippen LogP contribution < -0.4 is 16.8 Å². The second kappa shape index (κ2) is 6.19. The molecule has 7 heteroatoms. The average molecular weight is 242 g/mol. The van der Waals surface area contributed by atoms with Crippen LogP contribution in [0.1, 0.15) is 19.3 Å². The van der Waals surface area contributed by atoms with E-state index in [1.54, 1.807) is 0 Å². The third kappa shape index (κ3) is 4.39. The van der Waals surface area contributed by atoms with Gasteiger partial charge in [-0.3, -0.25) is 14.4 Å². The molecule has 0 bridgehead atoms. The molecule has 0 aromatic heterocycles. The normalized spacial score (nSPS) is 19.6. The van der Waals surface area contributed by atoms with E-state index in [-0.39, 0.29) is 25.0 Å². The smallest absolute Gasteiger partial charge is 0.240 e. The van der Waals surface area contributed by atoms with Crippen LogP contribution in [0, 0.1) is 0 Å². The standard InChI is InChI=1S/C10H18N4O3/c11-8(15)5-14(6-9(12)16)10(17)7-3-1-2-4-13-7/h7,13H,1-6H2,(H2,11,15)(H2,12,16). The van der Waals surface area contributed by atoms with Crippen LogP contribution in [0.4, 0.5) is 0 Å². The van der Waals surface area contributed by atoms with Crippen molar-refractivity contribution in [2.45, 2.75) is 25.3 Å². The van der Waals surface area contributed by atoms with Gasteiger partial charge in [0.05, 0.1) is 19.1 Å². The monoisotopic (exact) mass is 242 g/mol. The average Bonchev–Trinajstić information content (AvgIpc) is 2.27. The third-order valence-electron chi connectivity index (χ3n) is 2.61. The van der Waals surface area contributed by atoms with Crippen molar-refractivity contribution in [1.82, 2.24) is 10.2 Å². The fraction of sp³-hybridized carbons (Fsp3) is 0.700. The molecule has 0 aromatic rings. The number of piperidine rings is 1. The van der Waals surface area contributed by atoms with Crippen LogP contribution in [0.25, 0.3) is 0 Å². The molecule has 1 saturated heterocycles. The number of hydrogen-bond donors (Lipinski definition) is 3. The zero-order valence-corrected chi connectivity index (χ0v) is 9.65. The van der Waals surface area contributed by atoms with Crippen LogP contribution >= 0.6 is 0 Å². The quantitative estimate of drug-likeness (QED) is 0.513. The molecule has 0 spiro atoms. The molecule has 0 radical (unpaired) electrons. The fourth-order valence-corrected chi connectivity index (χ4v) is 1.87. The second-order valence-corrected chi connectivity index (χ2v) is 4.13. The molecule has 5 N–H and O–H groups in total. The summed E-state index contributed by atoms with van der Waals surface area (Å²) >= 11 is 0. The minimum absolute atomic E-state index is 0.278. The summed E-state index contributed by atoms with van der Waals surface area (Å²) in [6, 6.07) is -0.345. The Bertz CT molecular complexity index is 297. The van der Waals surface area contributed by atoms with Crippen molar-refractivity contribution < 1.29 is 14.4 Å². The molecule has 1 heterocycles. The van der Waals surface area contributed by atoms with Gasteiger partial charge in [0.1, 0.15) is 0 Å². The lowest BCUT2D eigenvalue weighted by molar-refractivity contribution is -0.140. The van der Waals surface area contributed by atoms with Crippen molar-refractivity contribution >= 4 is 17.7 Å². The zero-order chi connectivity index (χ0) is 12.8. The van der Waals surface area contributed by atoms with Gasteiger partial charge in [0.2, 0.25) is 17.7 Å². The first-order chi connectivity index (χ1) is 8.00. The van der Waals surface area contributed by atoms with Crippen LogP contribution in [0.5, 0.6) is 0 Å². The van der Waals surface area contributed by atoms with Crippen molar-refractivity contribution in [3.05, 3.63) is 0 Å². The maximum absolute atomic E-state index is 12.0. The van der Waals surface area contributed by atoms with Crippen LogP contribution in [-0.2, 0) is 14.4 Å². The van der Waals surface area contributed by atoms with Gasteiger partial charge in [0.15, 0.2) is 0 Å². The first-order valence-electron chi connectivity index (χ1n) is 5.59. The molecule has 1 unspecified atom stereocenters. The van der Waals surface area contributed by atoms with Crippen LogP contribution in [0.15, 0.2) is 0 Å². The number of nitrogens with two attached hydrogens (primary N) is 2. The first kappa shape index (κ1) is 13.4. The summed E-state index contributed by atoms with van der Waals surface area (Å²) in [5, 5.41) is 3.05. The van der Waals surface area contributed by atoms with Gasteiger partial charge in [0.25, 0.3) is 0 Å². The lowest BCUT2D eigenvalue weighted by Gasteiger charge is -2.28. The van der Waals surface area contributed by atoms with Gasteiger partial charge in [0, 0.05) is 0 Å². The van der Waals surface area contributed by atoms with Crippen molar-refractivity contribution in [3.63, 3.8) is 0 Å². The lowest BCUT2D eigenvalue weighted by atomic mass is 10.0. The highest BCUT2D eigenvalue weighted by molar-refractivity contribution is 5.90. The molecular weight excluding hydrogens is 224 g/mol. The third-order valence-corrected chi connectivity index (χ3v) is 2.61. The predicted molar refractivity (Wildman–Crippen MR) is 60.6 cm³/mol. The van der Waals surface area contributed by atoms with Gasteiger partial charge in [-0.25, -0.2) is 0 Å². The van der Waals surface area contributed by atoms with Gasteiger partial charge < -0.3 is 21.7 Å². The molecule has 3 amide bonds. The predicted octanol–water partition coefficient (Wildman–Crippen LogP) is -2.07. The molecule has 1 aliphatic heterocycles. The number of rotatable bonds is 5. The molecule has 1 aliphatic rings. The highest BCUT2D eigenvalue weighted by Gasteiger charge is 2.27. The van der Waals surface area contributed by atoms with Gasteiger partial charge >= 0.3 is 0 Å². The van der Waals surface area contributed by atoms with E-state index in [1.807, 2.05) is 0 Å². The molecule has 1 atom stereocenters. The number of carbonyl (C=O) groups is 3. The van der Waals surface area contributed by atoms with E-state index in [0.717, 1.165) is 24.3 Å². The van der Waals surface area contributed by atoms with E-state index in [4.69, 9.17) is 11.5 Å². The summed E-state index contributed by atoms with van der Waals surface area (Å²) in [7, 11) is 0. The van der Waals surface area contributed by atoms with Gasteiger partial charge in [-0.05, 0) is 19.4 Å². The Morgan fingerprint density at radius 3 is 2.12 bits per heavy atom. The van der Waals surface area contributed by atoms with Crippen LogP contribution in [0.2, 0.25) is 0 Å². The largest absolute Gasteiger partial charge is 0.368 e. The number of nitrogens with one attached hydrogen (secondary N) is 1. The maximum atomic E-state index is 12.0. The molecule has 17 heavy (non-hydrogen) atoms. The molecule has 0 saturated carbocycles. The number of carbonyl (C=O) groups excluding carboxylic acids is 3. The molecule has 0 aromatic carbocycles. The van der Waals surface area contributed by atoms with E-state index >= 15 is 0 Å². The lowest BCUT2D eigenvalue weighted by Crippen LogP contribution is -2.52. The second-order valence-electron chi connectivity index (χ2n) is 4.13. The van der Waals surface area contributed by atoms with Crippen molar-refractivity contribution in [2.75, 3.05) is 19.6 Å². The van der Waals surface area contributed by atoms with Gasteiger partial charge in [-0.1, -0.05) is 6.42 Å². The number of hydrogen-bond acceptors (Lipinski definition) is 4. The summed E-state index contributed by atoms with van der Waals surface area (Å²) in [4.78, 5) is 34.8. The van der Waals surface area contributed by atoms with E-state index in [2.05, 4.69) is 5.32 Å². The number of nitrogens with zero attached hydrogens (tertiary/aromatic N) is 1. The summed E-state index contributed by atoms with van der Waals surface area (Å²) < 4.78 is 0. The molecule has 96 valence electrons. The van der Waals surface area contributed by atoms with Crippen LogP contribution in [0.3, 0.4) is 0 Å². The Morgan fingerprint density at radius 1 is 1.12 bits per heavy atom. The Labute approximate surface area is 99.5 Å². The van der Waals surface area contributed by atoms with Crippen LogP contribution in [-0.4, -0.2) is 48.3 Å². The number of amides is 3. The van der Waals surface area contributed by atoms with E-state index in [1.165, 1.54) is 0 Å². The summed E-state index contributed by atoms with van der Waals surface area (Å²) in [5.41, 5.74) is 10.1. The van der Waals surface area contributed by atoms with E-state index < -0.39 is 11.8 Å². The topological polar surface area (TPSA) is 119 Å². The molecule has 1 rings (SSSR count). The fourth-order valence-electron chi connectivity index (χ4n) is 1.87. The summed E-state index contributed by atoms with van der Waals surface area (Å²) in [5.74, 6) is -1.60. The molecule has 7 nitrogen and oxygen atoms in total. The first-order valence-corrected chi connectivity index (χ1v) is 5.59. The summed E-state index contributed by atoms with van der Waals surface area (Å²) in [6.45, 7) is 0.206. The number of primary amides is 2. The van der Waals surface area contributed by atoms with E-state index in [9.17, 15) is 14.4 Å². The minimum Gasteiger partial charge on any atom is -0.368 e. The molecule has 0 aliphatic carbocycles. The highest BCUT2D eigenvalue weighted by Crippen LogP contribution is 2.09. The highest BCUT2D eigenvalue weighted by atomic mass is 16.2. The molecular formula is C10H18N4O3. The Kier molecular flexibility index (Phi) is 4.89. The summed E-state index contributed by atoms with van der Waals surface area (Å²) in [6.07, 6.45) is 2.67. The Balaban J connectivity index is 2.63. The Hall–Kier alpha value is -1.63. The zero-order valence-electron chi connectivity index (χ0n) is 9.65. The van der Waals surface area contributed by atoms with Gasteiger partial charge in [-0.15, -0.1) is 0 Å². The van der Waals surface area contributed by atoms with E-state index in [0.29, 0.717) is 6.42 Å². The minimum atomic E-state index is -0.657. The Morgan fingerprint density at radius 2 is 1.71 bits per heavy atom. The van der Waals surface area contributed by atoms with Crippen molar-refractivity contribution in [1.29, 1.82) is 0 Å². The van der Waals surface area contributed by atoms with Crippen molar-refractivity contribution in [3.8, 4) is 0 Å². The van der Waals surface area contributed by atoms with Gasteiger partial charge in [-0.2, -0.15) is 0 Å². The maximum Gasteiger partial charge on any atom is 0.240 e. The SMILES string of the molecule is NC(=O)CN(CC(N)=O)C(=O)C1CCCCN1. The molecule has 1 fully saturated rings.